The average Bonchev–Trinajstić information content (AvgIpc) is 3.03. The van der Waals surface area contributed by atoms with Gasteiger partial charge in [0.2, 0.25) is 0 Å². The molecule has 0 radical (unpaired) electrons. The van der Waals surface area contributed by atoms with Crippen molar-refractivity contribution < 1.29 is 14.3 Å². The van der Waals surface area contributed by atoms with Crippen molar-refractivity contribution in [2.24, 2.45) is 0 Å². The molecule has 1 heterocycles. The van der Waals surface area contributed by atoms with E-state index in [1.165, 1.54) is 5.56 Å². The minimum atomic E-state index is -0.196. The number of methoxy groups -OCH3 is 2. The number of carbonyl (C=O) groups is 1. The number of amides is 2. The predicted octanol–water partition coefficient (Wildman–Crippen LogP) is 2.06. The van der Waals surface area contributed by atoms with E-state index in [1.54, 1.807) is 14.2 Å². The van der Waals surface area contributed by atoms with Gasteiger partial charge in [-0.05, 0) is 36.3 Å². The molecule has 0 bridgehead atoms. The Labute approximate surface area is 136 Å². The fourth-order valence-corrected chi connectivity index (χ4v) is 3.77. The fraction of sp³-hybridized carbons (Fsp3) is 0.562. The lowest BCUT2D eigenvalue weighted by atomic mass is 10.0. The van der Waals surface area contributed by atoms with Crippen molar-refractivity contribution in [1.29, 1.82) is 0 Å². The average molecular weight is 324 g/mol. The summed E-state index contributed by atoms with van der Waals surface area (Å²) in [5.74, 6) is 2.87. The maximum absolute atomic E-state index is 11.8. The molecule has 1 unspecified atom stereocenters. The molecular weight excluding hydrogens is 300 g/mol. The van der Waals surface area contributed by atoms with Crippen LogP contribution in [-0.2, 0) is 11.2 Å². The summed E-state index contributed by atoms with van der Waals surface area (Å²) in [6.45, 7) is 1.16. The lowest BCUT2D eigenvalue weighted by Crippen LogP contribution is -2.47. The van der Waals surface area contributed by atoms with Gasteiger partial charge >= 0.3 is 6.03 Å². The van der Waals surface area contributed by atoms with Gasteiger partial charge in [-0.2, -0.15) is 11.8 Å². The quantitative estimate of drug-likeness (QED) is 0.806. The van der Waals surface area contributed by atoms with Gasteiger partial charge in [-0.15, -0.1) is 0 Å². The molecule has 0 spiro atoms. The maximum Gasteiger partial charge on any atom is 0.314 e. The molecule has 2 amide bonds. The Bertz CT molecular complexity index is 473. The molecule has 5 nitrogen and oxygen atoms in total. The molecule has 22 heavy (non-hydrogen) atoms. The SMILES string of the molecule is COc1ccc(CCNC(=O)NCC2(OC)CCSC2)cc1. The minimum Gasteiger partial charge on any atom is -0.497 e. The van der Waals surface area contributed by atoms with E-state index in [0.29, 0.717) is 13.1 Å². The lowest BCUT2D eigenvalue weighted by molar-refractivity contribution is 0.0157. The lowest BCUT2D eigenvalue weighted by Gasteiger charge is -2.26. The van der Waals surface area contributed by atoms with E-state index in [4.69, 9.17) is 9.47 Å². The summed E-state index contributed by atoms with van der Waals surface area (Å²) in [7, 11) is 3.37. The molecule has 1 aromatic rings. The van der Waals surface area contributed by atoms with Gasteiger partial charge in [0.25, 0.3) is 0 Å². The second-order valence-corrected chi connectivity index (χ2v) is 6.50. The van der Waals surface area contributed by atoms with E-state index in [2.05, 4.69) is 10.6 Å². The highest BCUT2D eigenvalue weighted by molar-refractivity contribution is 7.99. The van der Waals surface area contributed by atoms with E-state index in [-0.39, 0.29) is 11.6 Å². The monoisotopic (exact) mass is 324 g/mol. The van der Waals surface area contributed by atoms with Crippen molar-refractivity contribution in [1.82, 2.24) is 10.6 Å². The van der Waals surface area contributed by atoms with Crippen LogP contribution in [0.25, 0.3) is 0 Å². The van der Waals surface area contributed by atoms with Gasteiger partial charge in [0.05, 0.1) is 12.7 Å². The van der Waals surface area contributed by atoms with E-state index in [1.807, 2.05) is 36.0 Å². The zero-order chi connectivity index (χ0) is 15.8. The molecule has 1 aromatic carbocycles. The van der Waals surface area contributed by atoms with Crippen LogP contribution in [-0.4, -0.2) is 50.4 Å². The van der Waals surface area contributed by atoms with Crippen LogP contribution in [0, 0.1) is 0 Å². The Morgan fingerprint density at radius 2 is 2.05 bits per heavy atom. The number of nitrogens with one attached hydrogen (secondary N) is 2. The summed E-state index contributed by atoms with van der Waals surface area (Å²) in [6.07, 6.45) is 1.78. The number of hydrogen-bond acceptors (Lipinski definition) is 4. The van der Waals surface area contributed by atoms with Gasteiger partial charge in [0.1, 0.15) is 5.75 Å². The number of carbonyl (C=O) groups excluding carboxylic acids is 1. The summed E-state index contributed by atoms with van der Waals surface area (Å²) in [4.78, 5) is 11.8. The molecule has 1 fully saturated rings. The van der Waals surface area contributed by atoms with E-state index in [9.17, 15) is 4.79 Å². The highest BCUT2D eigenvalue weighted by atomic mass is 32.2. The second-order valence-electron chi connectivity index (χ2n) is 5.40. The summed E-state index contributed by atoms with van der Waals surface area (Å²) in [6, 6.07) is 7.73. The first-order valence-corrected chi connectivity index (χ1v) is 8.60. The van der Waals surface area contributed by atoms with Crippen LogP contribution >= 0.6 is 11.8 Å². The van der Waals surface area contributed by atoms with Gasteiger partial charge in [0, 0.05) is 26.0 Å². The molecule has 2 rings (SSSR count). The van der Waals surface area contributed by atoms with Gasteiger partial charge in [-0.1, -0.05) is 12.1 Å². The molecule has 0 aromatic heterocycles. The third-order valence-electron chi connectivity index (χ3n) is 3.93. The van der Waals surface area contributed by atoms with Crippen LogP contribution in [0.5, 0.6) is 5.75 Å². The third kappa shape index (κ3) is 4.81. The zero-order valence-corrected chi connectivity index (χ0v) is 14.0. The van der Waals surface area contributed by atoms with Crippen molar-refractivity contribution in [3.8, 4) is 5.75 Å². The topological polar surface area (TPSA) is 59.6 Å². The summed E-state index contributed by atoms with van der Waals surface area (Å²) >= 11 is 1.87. The van der Waals surface area contributed by atoms with Crippen LogP contribution in [0.3, 0.4) is 0 Å². The molecule has 1 aliphatic heterocycles. The molecule has 2 N–H and O–H groups in total. The summed E-state index contributed by atoms with van der Waals surface area (Å²) < 4.78 is 10.7. The normalized spacial score (nSPS) is 20.6. The Hall–Kier alpha value is -1.40. The van der Waals surface area contributed by atoms with Crippen molar-refractivity contribution >= 4 is 17.8 Å². The predicted molar refractivity (Wildman–Crippen MR) is 89.8 cm³/mol. The number of hydrogen-bond donors (Lipinski definition) is 2. The minimum absolute atomic E-state index is 0.137. The van der Waals surface area contributed by atoms with Crippen molar-refractivity contribution in [3.05, 3.63) is 29.8 Å². The highest BCUT2D eigenvalue weighted by Gasteiger charge is 2.34. The van der Waals surface area contributed by atoms with Crippen LogP contribution in [0.4, 0.5) is 4.79 Å². The van der Waals surface area contributed by atoms with E-state index >= 15 is 0 Å². The van der Waals surface area contributed by atoms with Crippen LogP contribution in [0.1, 0.15) is 12.0 Å². The maximum atomic E-state index is 11.8. The van der Waals surface area contributed by atoms with Gasteiger partial charge in [-0.3, -0.25) is 0 Å². The molecule has 1 aliphatic rings. The molecule has 1 atom stereocenters. The summed E-state index contributed by atoms with van der Waals surface area (Å²) in [5.41, 5.74) is 0.972. The first-order chi connectivity index (χ1) is 10.7. The molecule has 6 heteroatoms. The second kappa shape index (κ2) is 8.29. The van der Waals surface area contributed by atoms with Crippen LogP contribution in [0.15, 0.2) is 24.3 Å². The Balaban J connectivity index is 1.66. The van der Waals surface area contributed by atoms with Crippen LogP contribution < -0.4 is 15.4 Å². The largest absolute Gasteiger partial charge is 0.497 e. The number of urea groups is 1. The van der Waals surface area contributed by atoms with Gasteiger partial charge in [0.15, 0.2) is 0 Å². The number of ether oxygens (including phenoxy) is 2. The number of benzene rings is 1. The van der Waals surface area contributed by atoms with Crippen molar-refractivity contribution in [2.75, 3.05) is 38.8 Å². The van der Waals surface area contributed by atoms with Crippen molar-refractivity contribution in [3.63, 3.8) is 0 Å². The van der Waals surface area contributed by atoms with Crippen LogP contribution in [0.2, 0.25) is 0 Å². The Kier molecular flexibility index (Phi) is 6.39. The smallest absolute Gasteiger partial charge is 0.314 e. The van der Waals surface area contributed by atoms with Crippen molar-refractivity contribution in [2.45, 2.75) is 18.4 Å². The Morgan fingerprint density at radius 3 is 2.64 bits per heavy atom. The van der Waals surface area contributed by atoms with E-state index in [0.717, 1.165) is 30.1 Å². The summed E-state index contributed by atoms with van der Waals surface area (Å²) in [5, 5.41) is 5.79. The first kappa shape index (κ1) is 17.0. The Morgan fingerprint density at radius 1 is 1.27 bits per heavy atom. The molecule has 0 saturated carbocycles. The number of rotatable bonds is 7. The number of thioether (sulfide) groups is 1. The third-order valence-corrected chi connectivity index (χ3v) is 5.15. The van der Waals surface area contributed by atoms with Gasteiger partial charge < -0.3 is 20.1 Å². The van der Waals surface area contributed by atoms with Gasteiger partial charge in [-0.25, -0.2) is 4.79 Å². The molecule has 122 valence electrons. The zero-order valence-electron chi connectivity index (χ0n) is 13.2. The standard InChI is InChI=1S/C16H24N2O3S/c1-20-14-5-3-13(4-6-14)7-9-17-15(19)18-11-16(21-2)8-10-22-12-16/h3-6H,7-12H2,1-2H3,(H2,17,18,19). The van der Waals surface area contributed by atoms with E-state index < -0.39 is 0 Å². The first-order valence-electron chi connectivity index (χ1n) is 7.45. The molecule has 0 aliphatic carbocycles. The molecular formula is C16H24N2O3S. The fourth-order valence-electron chi connectivity index (χ4n) is 2.38. The molecule has 1 saturated heterocycles. The highest BCUT2D eigenvalue weighted by Crippen LogP contribution is 2.30.